The molecule has 2 nitrogen and oxygen atoms in total. The van der Waals surface area contributed by atoms with Gasteiger partial charge >= 0.3 is 0 Å². The molecule has 0 aromatic rings. The summed E-state index contributed by atoms with van der Waals surface area (Å²) >= 11 is 1.62. The predicted molar refractivity (Wildman–Crippen MR) is 62.8 cm³/mol. The molecule has 0 aliphatic carbocycles. The lowest BCUT2D eigenvalue weighted by atomic mass is 10.1. The summed E-state index contributed by atoms with van der Waals surface area (Å²) in [4.78, 5) is 0. The Bertz CT molecular complexity index is 173. The van der Waals surface area contributed by atoms with Gasteiger partial charge in [0.2, 0.25) is 0 Å². The summed E-state index contributed by atoms with van der Waals surface area (Å²) in [5.41, 5.74) is 0. The first-order valence-corrected chi connectivity index (χ1v) is 6.46. The molecule has 0 aromatic carbocycles. The molecule has 14 heavy (non-hydrogen) atoms. The molecule has 0 saturated heterocycles. The normalized spacial score (nSPS) is 22.0. The molecule has 1 rings (SSSR count). The number of aliphatic hydroxyl groups excluding tert-OH is 1. The van der Waals surface area contributed by atoms with Gasteiger partial charge in [0.25, 0.3) is 0 Å². The molecule has 1 N–H and O–H groups in total. The van der Waals surface area contributed by atoms with Crippen LogP contribution >= 0.6 is 11.9 Å². The van der Waals surface area contributed by atoms with Crippen molar-refractivity contribution in [3.8, 4) is 0 Å². The molecule has 0 saturated carbocycles. The van der Waals surface area contributed by atoms with E-state index in [9.17, 15) is 5.11 Å². The highest BCUT2D eigenvalue weighted by Crippen LogP contribution is 2.23. The molecule has 0 radical (unpaired) electrons. The van der Waals surface area contributed by atoms with Crippen LogP contribution in [0.5, 0.6) is 0 Å². The van der Waals surface area contributed by atoms with Crippen LogP contribution in [0.2, 0.25) is 0 Å². The lowest BCUT2D eigenvalue weighted by molar-refractivity contribution is 0.118. The number of nitrogens with zero attached hydrogens (tertiary/aromatic N) is 1. The average Bonchev–Trinajstić information content (AvgIpc) is 2.58. The molecule has 0 spiro atoms. The summed E-state index contributed by atoms with van der Waals surface area (Å²) in [6.07, 6.45) is 9.37. The standard InChI is InChI=1S/C11H21NOS/c1-2-3-4-5-6-7-9-12-11(13)8-10-14-12/h8,10-11,13H,2-7,9H2,1H3. The van der Waals surface area contributed by atoms with Gasteiger partial charge in [-0.25, -0.2) is 4.31 Å². The van der Waals surface area contributed by atoms with Gasteiger partial charge in [-0.05, 0) is 29.9 Å². The molecular weight excluding hydrogens is 194 g/mol. The summed E-state index contributed by atoms with van der Waals surface area (Å²) in [6, 6.07) is 0. The summed E-state index contributed by atoms with van der Waals surface area (Å²) in [5.74, 6) is 0. The van der Waals surface area contributed by atoms with Gasteiger partial charge in [0, 0.05) is 6.54 Å². The number of unbranched alkanes of at least 4 members (excludes halogenated alkanes) is 5. The van der Waals surface area contributed by atoms with Crippen molar-refractivity contribution in [2.75, 3.05) is 6.54 Å². The van der Waals surface area contributed by atoms with E-state index in [1.807, 2.05) is 15.8 Å². The summed E-state index contributed by atoms with van der Waals surface area (Å²) in [7, 11) is 0. The van der Waals surface area contributed by atoms with Crippen molar-refractivity contribution < 1.29 is 5.11 Å². The van der Waals surface area contributed by atoms with Gasteiger partial charge in [-0.1, -0.05) is 39.0 Å². The third kappa shape index (κ3) is 4.49. The minimum Gasteiger partial charge on any atom is -0.374 e. The maximum Gasteiger partial charge on any atom is 0.136 e. The molecule has 3 heteroatoms. The van der Waals surface area contributed by atoms with Crippen LogP contribution in [-0.4, -0.2) is 22.2 Å². The Labute approximate surface area is 91.5 Å². The summed E-state index contributed by atoms with van der Waals surface area (Å²) < 4.78 is 2.03. The van der Waals surface area contributed by atoms with E-state index >= 15 is 0 Å². The fourth-order valence-electron chi connectivity index (χ4n) is 1.57. The van der Waals surface area contributed by atoms with Crippen LogP contribution in [0.15, 0.2) is 11.5 Å². The van der Waals surface area contributed by atoms with Crippen LogP contribution in [0.1, 0.15) is 45.4 Å². The van der Waals surface area contributed by atoms with Crippen LogP contribution in [0, 0.1) is 0 Å². The zero-order chi connectivity index (χ0) is 10.2. The van der Waals surface area contributed by atoms with Gasteiger partial charge in [-0.3, -0.25) is 0 Å². The Hall–Kier alpha value is 0.01000. The van der Waals surface area contributed by atoms with Crippen molar-refractivity contribution in [3.05, 3.63) is 11.5 Å². The second-order valence-corrected chi connectivity index (χ2v) is 4.71. The van der Waals surface area contributed by atoms with E-state index in [0.717, 1.165) is 6.54 Å². The van der Waals surface area contributed by atoms with Gasteiger partial charge in [0.1, 0.15) is 6.23 Å². The fourth-order valence-corrected chi connectivity index (χ4v) is 2.37. The van der Waals surface area contributed by atoms with Crippen molar-refractivity contribution in [2.24, 2.45) is 0 Å². The van der Waals surface area contributed by atoms with E-state index in [-0.39, 0.29) is 6.23 Å². The van der Waals surface area contributed by atoms with E-state index in [4.69, 9.17) is 0 Å². The Balaban J connectivity index is 1.89. The van der Waals surface area contributed by atoms with Gasteiger partial charge in [-0.15, -0.1) is 0 Å². The van der Waals surface area contributed by atoms with E-state index in [1.165, 1.54) is 38.5 Å². The smallest absolute Gasteiger partial charge is 0.136 e. The molecule has 0 fully saturated rings. The molecule has 1 unspecified atom stereocenters. The van der Waals surface area contributed by atoms with Crippen molar-refractivity contribution in [1.82, 2.24) is 4.31 Å². The first-order valence-electron chi connectivity index (χ1n) is 5.62. The SMILES string of the molecule is CCCCCCCCN1SC=CC1O. The zero-order valence-electron chi connectivity index (χ0n) is 8.98. The van der Waals surface area contributed by atoms with Gasteiger partial charge in [0.05, 0.1) is 0 Å². The van der Waals surface area contributed by atoms with Crippen LogP contribution in [0.25, 0.3) is 0 Å². The average molecular weight is 215 g/mol. The predicted octanol–water partition coefficient (Wildman–Crippen LogP) is 3.14. The van der Waals surface area contributed by atoms with Crippen molar-refractivity contribution in [1.29, 1.82) is 0 Å². The van der Waals surface area contributed by atoms with Crippen LogP contribution in [0.3, 0.4) is 0 Å². The number of aliphatic hydroxyl groups is 1. The zero-order valence-corrected chi connectivity index (χ0v) is 9.80. The Morgan fingerprint density at radius 2 is 1.93 bits per heavy atom. The fraction of sp³-hybridized carbons (Fsp3) is 0.818. The molecule has 0 aromatic heterocycles. The number of rotatable bonds is 7. The molecule has 0 bridgehead atoms. The maximum absolute atomic E-state index is 9.45. The Kier molecular flexibility index (Phi) is 6.32. The van der Waals surface area contributed by atoms with E-state index < -0.39 is 0 Å². The van der Waals surface area contributed by atoms with Crippen molar-refractivity contribution in [3.63, 3.8) is 0 Å². The molecule has 0 amide bonds. The van der Waals surface area contributed by atoms with Crippen LogP contribution in [0.4, 0.5) is 0 Å². The first-order chi connectivity index (χ1) is 6.84. The van der Waals surface area contributed by atoms with Gasteiger partial charge in [-0.2, -0.15) is 0 Å². The molecule has 1 atom stereocenters. The molecule has 1 heterocycles. The summed E-state index contributed by atoms with van der Waals surface area (Å²) in [5, 5.41) is 11.4. The molecule has 1 aliphatic heterocycles. The Morgan fingerprint density at radius 3 is 2.57 bits per heavy atom. The van der Waals surface area contributed by atoms with E-state index in [0.29, 0.717) is 0 Å². The minimum atomic E-state index is -0.351. The van der Waals surface area contributed by atoms with E-state index in [1.54, 1.807) is 11.9 Å². The van der Waals surface area contributed by atoms with Crippen LogP contribution in [-0.2, 0) is 0 Å². The van der Waals surface area contributed by atoms with Crippen LogP contribution < -0.4 is 0 Å². The first kappa shape index (κ1) is 12.1. The van der Waals surface area contributed by atoms with Gasteiger partial charge in [0.15, 0.2) is 0 Å². The highest BCUT2D eigenvalue weighted by atomic mass is 32.2. The number of hydrogen-bond donors (Lipinski definition) is 1. The van der Waals surface area contributed by atoms with Gasteiger partial charge < -0.3 is 5.11 Å². The third-order valence-electron chi connectivity index (χ3n) is 2.47. The number of hydrogen-bond acceptors (Lipinski definition) is 3. The summed E-state index contributed by atoms with van der Waals surface area (Å²) in [6.45, 7) is 3.24. The maximum atomic E-state index is 9.45. The van der Waals surface area contributed by atoms with E-state index in [2.05, 4.69) is 6.92 Å². The quantitative estimate of drug-likeness (QED) is 0.521. The second kappa shape index (κ2) is 7.32. The highest BCUT2D eigenvalue weighted by molar-refractivity contribution is 8.00. The molecular formula is C11H21NOS. The Morgan fingerprint density at radius 1 is 1.21 bits per heavy atom. The molecule has 1 aliphatic rings. The minimum absolute atomic E-state index is 0.351. The second-order valence-electron chi connectivity index (χ2n) is 3.76. The molecule has 82 valence electrons. The topological polar surface area (TPSA) is 23.5 Å². The lowest BCUT2D eigenvalue weighted by Gasteiger charge is -2.17. The monoisotopic (exact) mass is 215 g/mol. The van der Waals surface area contributed by atoms with Crippen molar-refractivity contribution >= 4 is 11.9 Å². The van der Waals surface area contributed by atoms with Crippen molar-refractivity contribution in [2.45, 2.75) is 51.7 Å². The largest absolute Gasteiger partial charge is 0.374 e. The third-order valence-corrected chi connectivity index (χ3v) is 3.42. The highest BCUT2D eigenvalue weighted by Gasteiger charge is 2.16. The lowest BCUT2D eigenvalue weighted by Crippen LogP contribution is -2.24.